The molecule has 0 aliphatic carbocycles. The van der Waals surface area contributed by atoms with Crippen molar-refractivity contribution < 1.29 is 19.1 Å². The molecule has 18 heavy (non-hydrogen) atoms. The smallest absolute Gasteiger partial charge is 0.340 e. The van der Waals surface area contributed by atoms with Gasteiger partial charge in [-0.25, -0.2) is 14.0 Å². The van der Waals surface area contributed by atoms with Gasteiger partial charge in [-0.05, 0) is 19.1 Å². The van der Waals surface area contributed by atoms with Crippen LogP contribution in [0.5, 0.6) is 0 Å². The first-order chi connectivity index (χ1) is 8.41. The normalized spacial score (nSPS) is 9.67. The number of rotatable bonds is 4. The Morgan fingerprint density at radius 3 is 2.67 bits per heavy atom. The number of carboxylic acid groups (broad SMARTS) is 1. The van der Waals surface area contributed by atoms with E-state index in [1.54, 1.807) is 6.92 Å². The van der Waals surface area contributed by atoms with Crippen molar-refractivity contribution in [3.8, 4) is 0 Å². The van der Waals surface area contributed by atoms with Crippen molar-refractivity contribution in [1.29, 1.82) is 0 Å². The maximum Gasteiger partial charge on any atom is 0.340 e. The molecule has 96 valence electrons. The minimum atomic E-state index is -1.44. The summed E-state index contributed by atoms with van der Waals surface area (Å²) < 4.78 is 13.3. The molecule has 0 aliphatic heterocycles. The molecular weight excluding hydrogens is 239 g/mol. The standard InChI is InChI=1S/C12H13FN2O3/c1-7(2)6-14-12(18)15-9-5-3-4-8(13)10(9)11(16)17/h3-5H,1,6H2,2H3,(H,16,17)(H2,14,15,18). The van der Waals surface area contributed by atoms with Crippen LogP contribution < -0.4 is 10.6 Å². The number of amides is 2. The molecule has 1 rings (SSSR count). The molecule has 0 saturated heterocycles. The molecule has 0 aliphatic rings. The summed E-state index contributed by atoms with van der Waals surface area (Å²) in [4.78, 5) is 22.3. The van der Waals surface area contributed by atoms with E-state index in [0.29, 0.717) is 0 Å². The molecule has 0 atom stereocenters. The third-order valence-corrected chi connectivity index (χ3v) is 2.03. The van der Waals surface area contributed by atoms with Crippen LogP contribution in [-0.2, 0) is 0 Å². The van der Waals surface area contributed by atoms with Gasteiger partial charge in [-0.1, -0.05) is 18.2 Å². The van der Waals surface area contributed by atoms with E-state index in [1.165, 1.54) is 12.1 Å². The summed E-state index contributed by atoms with van der Waals surface area (Å²) in [5.74, 6) is -2.34. The fourth-order valence-corrected chi connectivity index (χ4v) is 1.24. The molecule has 0 unspecified atom stereocenters. The lowest BCUT2D eigenvalue weighted by molar-refractivity contribution is 0.0693. The number of aromatic carboxylic acids is 1. The van der Waals surface area contributed by atoms with Gasteiger partial charge in [0.25, 0.3) is 0 Å². The third-order valence-electron chi connectivity index (χ3n) is 2.03. The quantitative estimate of drug-likeness (QED) is 0.719. The molecule has 0 fully saturated rings. The number of carboxylic acids is 1. The van der Waals surface area contributed by atoms with E-state index in [4.69, 9.17) is 5.11 Å². The third kappa shape index (κ3) is 3.58. The van der Waals surface area contributed by atoms with Gasteiger partial charge in [-0.2, -0.15) is 0 Å². The van der Waals surface area contributed by atoms with Gasteiger partial charge in [0, 0.05) is 6.54 Å². The molecule has 1 aromatic rings. The zero-order chi connectivity index (χ0) is 13.7. The molecule has 0 saturated carbocycles. The zero-order valence-corrected chi connectivity index (χ0v) is 9.79. The van der Waals surface area contributed by atoms with Gasteiger partial charge >= 0.3 is 12.0 Å². The summed E-state index contributed by atoms with van der Waals surface area (Å²) in [7, 11) is 0. The van der Waals surface area contributed by atoms with Crippen LogP contribution in [-0.4, -0.2) is 23.7 Å². The van der Waals surface area contributed by atoms with E-state index in [-0.39, 0.29) is 12.2 Å². The van der Waals surface area contributed by atoms with E-state index < -0.39 is 23.4 Å². The number of carbonyl (C=O) groups excluding carboxylic acids is 1. The Hall–Kier alpha value is -2.37. The zero-order valence-electron chi connectivity index (χ0n) is 9.79. The van der Waals surface area contributed by atoms with Crippen molar-refractivity contribution in [1.82, 2.24) is 5.32 Å². The summed E-state index contributed by atoms with van der Waals surface area (Å²) in [5.41, 5.74) is 0.0764. The van der Waals surface area contributed by atoms with E-state index in [9.17, 15) is 14.0 Å². The monoisotopic (exact) mass is 252 g/mol. The highest BCUT2D eigenvalue weighted by atomic mass is 19.1. The molecule has 0 heterocycles. The van der Waals surface area contributed by atoms with Crippen LogP contribution in [0.1, 0.15) is 17.3 Å². The highest BCUT2D eigenvalue weighted by Gasteiger charge is 2.16. The number of hydrogen-bond acceptors (Lipinski definition) is 2. The minimum Gasteiger partial charge on any atom is -0.478 e. The van der Waals surface area contributed by atoms with Crippen LogP contribution in [0.4, 0.5) is 14.9 Å². The van der Waals surface area contributed by atoms with Crippen LogP contribution in [0, 0.1) is 5.82 Å². The molecule has 0 aromatic heterocycles. The van der Waals surface area contributed by atoms with Gasteiger partial charge < -0.3 is 15.7 Å². The van der Waals surface area contributed by atoms with Crippen molar-refractivity contribution in [2.75, 3.05) is 11.9 Å². The Kier molecular flexibility index (Phi) is 4.42. The molecule has 5 nitrogen and oxygen atoms in total. The summed E-state index contributed by atoms with van der Waals surface area (Å²) in [6.07, 6.45) is 0. The largest absolute Gasteiger partial charge is 0.478 e. The average molecular weight is 252 g/mol. The van der Waals surface area contributed by atoms with Gasteiger partial charge in [-0.3, -0.25) is 0 Å². The molecular formula is C12H13FN2O3. The second-order valence-electron chi connectivity index (χ2n) is 3.73. The van der Waals surface area contributed by atoms with Crippen LogP contribution in [0.2, 0.25) is 0 Å². The number of benzene rings is 1. The second-order valence-corrected chi connectivity index (χ2v) is 3.73. The Balaban J connectivity index is 2.84. The van der Waals surface area contributed by atoms with Crippen molar-refractivity contribution in [2.45, 2.75) is 6.92 Å². The van der Waals surface area contributed by atoms with Crippen molar-refractivity contribution >= 4 is 17.7 Å². The average Bonchev–Trinajstić information content (AvgIpc) is 2.26. The number of anilines is 1. The SMILES string of the molecule is C=C(C)CNC(=O)Nc1cccc(F)c1C(=O)O. The first kappa shape index (κ1) is 13.7. The molecule has 6 heteroatoms. The highest BCUT2D eigenvalue weighted by molar-refractivity contribution is 6.00. The Bertz CT molecular complexity index is 500. The lowest BCUT2D eigenvalue weighted by Crippen LogP contribution is -2.30. The first-order valence-corrected chi connectivity index (χ1v) is 5.13. The summed E-state index contributed by atoms with van der Waals surface area (Å²) in [5, 5.41) is 13.6. The van der Waals surface area contributed by atoms with Crippen molar-refractivity contribution in [2.24, 2.45) is 0 Å². The summed E-state index contributed by atoms with van der Waals surface area (Å²) >= 11 is 0. The van der Waals surface area contributed by atoms with E-state index >= 15 is 0 Å². The van der Waals surface area contributed by atoms with Gasteiger partial charge in [0.1, 0.15) is 11.4 Å². The van der Waals surface area contributed by atoms with Gasteiger partial charge in [-0.15, -0.1) is 0 Å². The lowest BCUT2D eigenvalue weighted by atomic mass is 10.1. The van der Waals surface area contributed by atoms with E-state index in [1.807, 2.05) is 0 Å². The summed E-state index contributed by atoms with van der Waals surface area (Å²) in [6.45, 7) is 5.58. The lowest BCUT2D eigenvalue weighted by Gasteiger charge is -2.10. The van der Waals surface area contributed by atoms with Crippen molar-refractivity contribution in [3.63, 3.8) is 0 Å². The van der Waals surface area contributed by atoms with Crippen LogP contribution >= 0.6 is 0 Å². The molecule has 2 amide bonds. The molecule has 0 radical (unpaired) electrons. The molecule has 1 aromatic carbocycles. The van der Waals surface area contributed by atoms with E-state index in [2.05, 4.69) is 17.2 Å². The number of carbonyl (C=O) groups is 2. The van der Waals surface area contributed by atoms with Crippen LogP contribution in [0.3, 0.4) is 0 Å². The van der Waals surface area contributed by atoms with Crippen LogP contribution in [0.15, 0.2) is 30.4 Å². The topological polar surface area (TPSA) is 78.4 Å². The van der Waals surface area contributed by atoms with Gasteiger partial charge in [0.15, 0.2) is 0 Å². The maximum absolute atomic E-state index is 13.3. The Morgan fingerprint density at radius 2 is 2.11 bits per heavy atom. The minimum absolute atomic E-state index is 0.0956. The fraction of sp³-hybridized carbons (Fsp3) is 0.167. The molecule has 0 spiro atoms. The van der Waals surface area contributed by atoms with Gasteiger partial charge in [0.05, 0.1) is 5.69 Å². The molecule has 0 bridgehead atoms. The predicted octanol–water partition coefficient (Wildman–Crippen LogP) is 2.22. The predicted molar refractivity (Wildman–Crippen MR) is 65.2 cm³/mol. The maximum atomic E-state index is 13.3. The number of urea groups is 1. The van der Waals surface area contributed by atoms with Gasteiger partial charge in [0.2, 0.25) is 0 Å². The summed E-state index contributed by atoms with van der Waals surface area (Å²) in [6, 6.07) is 3.02. The fourth-order valence-electron chi connectivity index (χ4n) is 1.24. The number of nitrogens with one attached hydrogen (secondary N) is 2. The number of halogens is 1. The second kappa shape index (κ2) is 5.81. The Labute approximate surface area is 103 Å². The number of hydrogen-bond donors (Lipinski definition) is 3. The Morgan fingerprint density at radius 1 is 1.44 bits per heavy atom. The highest BCUT2D eigenvalue weighted by Crippen LogP contribution is 2.18. The van der Waals surface area contributed by atoms with Crippen LogP contribution in [0.25, 0.3) is 0 Å². The molecule has 3 N–H and O–H groups in total. The van der Waals surface area contributed by atoms with Crippen molar-refractivity contribution in [3.05, 3.63) is 41.7 Å². The van der Waals surface area contributed by atoms with E-state index in [0.717, 1.165) is 11.6 Å². The first-order valence-electron chi connectivity index (χ1n) is 5.13.